The summed E-state index contributed by atoms with van der Waals surface area (Å²) >= 11 is 0. The molecule has 0 aliphatic rings. The first-order chi connectivity index (χ1) is 16.1. The minimum atomic E-state index is -4.75. The summed E-state index contributed by atoms with van der Waals surface area (Å²) in [6.07, 6.45) is 0.0615. The van der Waals surface area contributed by atoms with Gasteiger partial charge in [0.05, 0.1) is 5.52 Å². The van der Waals surface area contributed by atoms with Crippen LogP contribution in [-0.2, 0) is 23.0 Å². The summed E-state index contributed by atoms with van der Waals surface area (Å²) in [4.78, 5) is 4.00. The fraction of sp³-hybridized carbons (Fsp3) is 0.208. The van der Waals surface area contributed by atoms with Gasteiger partial charge in [-0.3, -0.25) is 4.98 Å². The molecule has 4 rings (SSSR count). The molecule has 0 aliphatic carbocycles. The van der Waals surface area contributed by atoms with Crippen molar-refractivity contribution in [2.24, 2.45) is 0 Å². The van der Waals surface area contributed by atoms with Crippen LogP contribution in [0.4, 0.5) is 13.2 Å². The molecular weight excluding hydrogens is 467 g/mol. The largest absolute Gasteiger partial charge is 0.573 e. The van der Waals surface area contributed by atoms with Crippen LogP contribution in [0, 0.1) is 6.92 Å². The molecule has 0 amide bonds. The summed E-state index contributed by atoms with van der Waals surface area (Å²) in [6, 6.07) is 12.8. The number of halogens is 3. The smallest absolute Gasteiger partial charge is 0.406 e. The Morgan fingerprint density at radius 2 is 1.88 bits per heavy atom. The van der Waals surface area contributed by atoms with E-state index in [-0.39, 0.29) is 10.6 Å². The van der Waals surface area contributed by atoms with E-state index in [0.717, 1.165) is 22.1 Å². The Morgan fingerprint density at radius 1 is 1.09 bits per heavy atom. The van der Waals surface area contributed by atoms with Crippen molar-refractivity contribution in [2.75, 3.05) is 7.05 Å². The number of aryl methyl sites for hydroxylation is 1. The first-order valence-electron chi connectivity index (χ1n) is 10.4. The normalized spacial score (nSPS) is 12.3. The molecule has 0 radical (unpaired) electrons. The van der Waals surface area contributed by atoms with Gasteiger partial charge in [-0.1, -0.05) is 18.2 Å². The standard InChI is InChI=1S/C24H22F3N3O3S/c1-16-10-20(33-24(25,26)27)7-6-18(16)11-17-5-8-22-19(13-28-2)15-30(23(22)12-17)34(31,32)21-4-3-9-29-14-21/h3-10,12,14-15,28H,11,13H2,1-2H3. The molecule has 6 nitrogen and oxygen atoms in total. The molecule has 2 aromatic heterocycles. The molecule has 0 fully saturated rings. The monoisotopic (exact) mass is 489 g/mol. The van der Waals surface area contributed by atoms with Gasteiger partial charge in [-0.15, -0.1) is 13.2 Å². The average Bonchev–Trinajstić information content (AvgIpc) is 3.14. The molecule has 0 spiro atoms. The van der Waals surface area contributed by atoms with Crippen LogP contribution >= 0.6 is 0 Å². The third-order valence-corrected chi connectivity index (χ3v) is 7.08. The van der Waals surface area contributed by atoms with Crippen molar-refractivity contribution in [1.82, 2.24) is 14.3 Å². The second-order valence-corrected chi connectivity index (χ2v) is 9.65. The van der Waals surface area contributed by atoms with Crippen molar-refractivity contribution in [2.45, 2.75) is 31.1 Å². The molecular formula is C24H22F3N3O3S. The fourth-order valence-corrected chi connectivity index (χ4v) is 5.20. The Hall–Kier alpha value is -3.37. The number of fused-ring (bicyclic) bond motifs is 1. The van der Waals surface area contributed by atoms with Gasteiger partial charge in [0.15, 0.2) is 0 Å². The van der Waals surface area contributed by atoms with Crippen LogP contribution in [0.15, 0.2) is 72.0 Å². The zero-order valence-electron chi connectivity index (χ0n) is 18.4. The van der Waals surface area contributed by atoms with Crippen molar-refractivity contribution in [3.8, 4) is 5.75 Å². The molecule has 0 saturated carbocycles. The Kier molecular flexibility index (Phi) is 6.37. The Labute approximate surface area is 195 Å². The van der Waals surface area contributed by atoms with E-state index in [1.165, 1.54) is 34.6 Å². The van der Waals surface area contributed by atoms with E-state index in [0.29, 0.717) is 24.0 Å². The third kappa shape index (κ3) is 4.92. The highest BCUT2D eigenvalue weighted by Crippen LogP contribution is 2.29. The van der Waals surface area contributed by atoms with Crippen LogP contribution < -0.4 is 10.1 Å². The molecule has 34 heavy (non-hydrogen) atoms. The molecule has 2 heterocycles. The van der Waals surface area contributed by atoms with Crippen LogP contribution in [0.3, 0.4) is 0 Å². The maximum atomic E-state index is 13.3. The van der Waals surface area contributed by atoms with Crippen LogP contribution in [-0.4, -0.2) is 30.8 Å². The van der Waals surface area contributed by atoms with Gasteiger partial charge in [0.1, 0.15) is 10.6 Å². The van der Waals surface area contributed by atoms with Crippen molar-refractivity contribution >= 4 is 20.9 Å². The number of nitrogens with one attached hydrogen (secondary N) is 1. The number of ether oxygens (including phenoxy) is 1. The maximum Gasteiger partial charge on any atom is 0.573 e. The summed E-state index contributed by atoms with van der Waals surface area (Å²) in [5.74, 6) is -0.280. The van der Waals surface area contributed by atoms with Crippen LogP contribution in [0.25, 0.3) is 10.9 Å². The summed E-state index contributed by atoms with van der Waals surface area (Å²) in [7, 11) is -2.10. The number of hydrogen-bond donors (Lipinski definition) is 1. The van der Waals surface area contributed by atoms with E-state index in [1.807, 2.05) is 12.1 Å². The minimum Gasteiger partial charge on any atom is -0.406 e. The van der Waals surface area contributed by atoms with E-state index in [9.17, 15) is 21.6 Å². The number of hydrogen-bond acceptors (Lipinski definition) is 5. The molecule has 1 N–H and O–H groups in total. The Balaban J connectivity index is 1.74. The summed E-state index contributed by atoms with van der Waals surface area (Å²) in [5.41, 5.74) is 3.59. The quantitative estimate of drug-likeness (QED) is 0.404. The zero-order chi connectivity index (χ0) is 24.5. The zero-order valence-corrected chi connectivity index (χ0v) is 19.2. The van der Waals surface area contributed by atoms with Gasteiger partial charge in [0.2, 0.25) is 0 Å². The minimum absolute atomic E-state index is 0.0735. The van der Waals surface area contributed by atoms with Gasteiger partial charge in [0.25, 0.3) is 10.0 Å². The summed E-state index contributed by atoms with van der Waals surface area (Å²) < 4.78 is 69.4. The topological polar surface area (TPSA) is 73.2 Å². The van der Waals surface area contributed by atoms with Crippen molar-refractivity contribution in [3.05, 3.63) is 89.4 Å². The second kappa shape index (κ2) is 9.11. The number of aromatic nitrogens is 2. The number of alkyl halides is 3. The predicted molar refractivity (Wildman–Crippen MR) is 122 cm³/mol. The SMILES string of the molecule is CNCc1cn(S(=O)(=O)c2cccnc2)c2cc(Cc3ccc(OC(F)(F)F)cc3C)ccc12. The highest BCUT2D eigenvalue weighted by molar-refractivity contribution is 7.90. The first-order valence-corrected chi connectivity index (χ1v) is 11.8. The van der Waals surface area contributed by atoms with Crippen molar-refractivity contribution in [3.63, 3.8) is 0 Å². The predicted octanol–water partition coefficient (Wildman–Crippen LogP) is 4.79. The van der Waals surface area contributed by atoms with Gasteiger partial charge in [-0.05, 0) is 73.0 Å². The van der Waals surface area contributed by atoms with Crippen molar-refractivity contribution < 1.29 is 26.3 Å². The summed E-state index contributed by atoms with van der Waals surface area (Å²) in [5, 5.41) is 3.84. The molecule has 0 bridgehead atoms. The Morgan fingerprint density at radius 3 is 2.53 bits per heavy atom. The van der Waals surface area contributed by atoms with Gasteiger partial charge >= 0.3 is 6.36 Å². The van der Waals surface area contributed by atoms with Gasteiger partial charge in [-0.25, -0.2) is 12.4 Å². The first kappa shape index (κ1) is 23.8. The fourth-order valence-electron chi connectivity index (χ4n) is 3.85. The molecule has 0 atom stereocenters. The number of benzene rings is 2. The van der Waals surface area contributed by atoms with Gasteiger partial charge in [0, 0.05) is 30.5 Å². The van der Waals surface area contributed by atoms with Crippen LogP contribution in [0.2, 0.25) is 0 Å². The van der Waals surface area contributed by atoms with Gasteiger partial charge in [-0.2, -0.15) is 0 Å². The van der Waals surface area contributed by atoms with E-state index < -0.39 is 16.4 Å². The lowest BCUT2D eigenvalue weighted by molar-refractivity contribution is -0.274. The average molecular weight is 490 g/mol. The molecule has 10 heteroatoms. The number of nitrogens with zero attached hydrogens (tertiary/aromatic N) is 2. The molecule has 0 aliphatic heterocycles. The highest BCUT2D eigenvalue weighted by Gasteiger charge is 2.31. The van der Waals surface area contributed by atoms with E-state index in [1.54, 1.807) is 38.4 Å². The lowest BCUT2D eigenvalue weighted by Gasteiger charge is -2.12. The van der Waals surface area contributed by atoms with E-state index in [4.69, 9.17) is 0 Å². The lowest BCUT2D eigenvalue weighted by Crippen LogP contribution is -2.17. The number of rotatable bonds is 7. The highest BCUT2D eigenvalue weighted by atomic mass is 32.2. The van der Waals surface area contributed by atoms with Crippen molar-refractivity contribution in [1.29, 1.82) is 0 Å². The molecule has 178 valence electrons. The third-order valence-electron chi connectivity index (χ3n) is 5.42. The summed E-state index contributed by atoms with van der Waals surface area (Å²) in [6.45, 7) is 2.18. The molecule has 2 aromatic carbocycles. The molecule has 0 saturated heterocycles. The molecule has 4 aromatic rings. The van der Waals surface area contributed by atoms with E-state index in [2.05, 4.69) is 15.0 Å². The lowest BCUT2D eigenvalue weighted by atomic mass is 9.99. The van der Waals surface area contributed by atoms with Gasteiger partial charge < -0.3 is 10.1 Å². The Bertz CT molecular complexity index is 1430. The number of pyridine rings is 1. The second-order valence-electron chi connectivity index (χ2n) is 7.84. The van der Waals surface area contributed by atoms with Crippen LogP contribution in [0.5, 0.6) is 5.75 Å². The molecule has 0 unspecified atom stereocenters. The van der Waals surface area contributed by atoms with Crippen LogP contribution in [0.1, 0.15) is 22.3 Å². The maximum absolute atomic E-state index is 13.3. The van der Waals surface area contributed by atoms with E-state index >= 15 is 0 Å².